The van der Waals surface area contributed by atoms with Crippen molar-refractivity contribution in [1.82, 2.24) is 5.32 Å². The Bertz CT molecular complexity index is 499. The van der Waals surface area contributed by atoms with Crippen LogP contribution in [-0.4, -0.2) is 31.6 Å². The zero-order valence-corrected chi connectivity index (χ0v) is 11.3. The molecule has 0 aromatic heterocycles. The van der Waals surface area contributed by atoms with E-state index in [2.05, 4.69) is 15.4 Å². The van der Waals surface area contributed by atoms with E-state index < -0.39 is 5.97 Å². The molecule has 0 unspecified atom stereocenters. The maximum atomic E-state index is 12.0. The van der Waals surface area contributed by atoms with Gasteiger partial charge in [-0.05, 0) is 37.6 Å². The largest absolute Gasteiger partial charge is 0.465 e. The Kier molecular flexibility index (Phi) is 4.39. The third kappa shape index (κ3) is 3.24. The molecule has 1 fully saturated rings. The zero-order chi connectivity index (χ0) is 13.8. The molecular weight excluding hydrogens is 268 g/mol. The number of amides is 1. The van der Waals surface area contributed by atoms with Gasteiger partial charge in [0, 0.05) is 5.02 Å². The lowest BCUT2D eigenvalue weighted by atomic mass is 10.1. The summed E-state index contributed by atoms with van der Waals surface area (Å²) in [7, 11) is 1.29. The SMILES string of the molecule is COC(=O)c1cc(Cl)ccc1NC(=O)[C@H]1CCCN1. The van der Waals surface area contributed by atoms with Gasteiger partial charge in [0.15, 0.2) is 0 Å². The van der Waals surface area contributed by atoms with Crippen LogP contribution in [0.2, 0.25) is 5.02 Å². The van der Waals surface area contributed by atoms with Crippen LogP contribution >= 0.6 is 11.6 Å². The molecule has 6 heteroatoms. The van der Waals surface area contributed by atoms with Crippen LogP contribution in [0.3, 0.4) is 0 Å². The summed E-state index contributed by atoms with van der Waals surface area (Å²) in [6.45, 7) is 0.836. The van der Waals surface area contributed by atoms with E-state index in [9.17, 15) is 9.59 Å². The number of hydrogen-bond acceptors (Lipinski definition) is 4. The molecule has 2 rings (SSSR count). The van der Waals surface area contributed by atoms with Crippen LogP contribution in [-0.2, 0) is 9.53 Å². The van der Waals surface area contributed by atoms with Crippen molar-refractivity contribution in [2.75, 3.05) is 19.0 Å². The summed E-state index contributed by atoms with van der Waals surface area (Å²) < 4.78 is 4.67. The second kappa shape index (κ2) is 6.04. The highest BCUT2D eigenvalue weighted by Crippen LogP contribution is 2.22. The van der Waals surface area contributed by atoms with Gasteiger partial charge in [-0.1, -0.05) is 11.6 Å². The zero-order valence-electron chi connectivity index (χ0n) is 10.5. The summed E-state index contributed by atoms with van der Waals surface area (Å²) in [6.07, 6.45) is 1.77. The van der Waals surface area contributed by atoms with Gasteiger partial charge in [-0.15, -0.1) is 0 Å². The first-order valence-corrected chi connectivity index (χ1v) is 6.41. The highest BCUT2D eigenvalue weighted by molar-refractivity contribution is 6.31. The molecule has 0 radical (unpaired) electrons. The second-order valence-corrected chi connectivity index (χ2v) is 4.76. The maximum Gasteiger partial charge on any atom is 0.340 e. The van der Waals surface area contributed by atoms with E-state index >= 15 is 0 Å². The molecule has 1 aliphatic rings. The van der Waals surface area contributed by atoms with Crippen LogP contribution in [0.5, 0.6) is 0 Å². The molecule has 1 amide bonds. The average Bonchev–Trinajstić information content (AvgIpc) is 2.94. The number of esters is 1. The number of carbonyl (C=O) groups excluding carboxylic acids is 2. The molecule has 1 aromatic carbocycles. The number of nitrogens with one attached hydrogen (secondary N) is 2. The van der Waals surface area contributed by atoms with Crippen molar-refractivity contribution in [3.05, 3.63) is 28.8 Å². The van der Waals surface area contributed by atoms with Crippen LogP contribution in [0.25, 0.3) is 0 Å². The molecule has 1 atom stereocenters. The Morgan fingerprint density at radius 2 is 2.26 bits per heavy atom. The first-order chi connectivity index (χ1) is 9.11. The Balaban J connectivity index is 2.19. The standard InChI is InChI=1S/C13H15ClN2O3/c1-19-13(18)9-7-8(14)4-5-10(9)16-12(17)11-3-2-6-15-11/h4-5,7,11,15H,2-3,6H2,1H3,(H,16,17)/t11-/m1/s1. The Morgan fingerprint density at radius 3 is 2.89 bits per heavy atom. The third-order valence-electron chi connectivity index (χ3n) is 3.02. The molecule has 5 nitrogen and oxygen atoms in total. The molecule has 1 saturated heterocycles. The van der Waals surface area contributed by atoms with Gasteiger partial charge in [0.1, 0.15) is 0 Å². The number of rotatable bonds is 3. The number of ether oxygens (including phenoxy) is 1. The molecule has 102 valence electrons. The summed E-state index contributed by atoms with van der Waals surface area (Å²) >= 11 is 5.85. The molecule has 0 aliphatic carbocycles. The van der Waals surface area contributed by atoms with Crippen LogP contribution < -0.4 is 10.6 Å². The van der Waals surface area contributed by atoms with Gasteiger partial charge in [-0.3, -0.25) is 4.79 Å². The molecule has 1 heterocycles. The smallest absolute Gasteiger partial charge is 0.340 e. The van der Waals surface area contributed by atoms with Gasteiger partial charge >= 0.3 is 5.97 Å². The molecule has 1 aliphatic heterocycles. The monoisotopic (exact) mass is 282 g/mol. The van der Waals surface area contributed by atoms with Gasteiger partial charge < -0.3 is 15.4 Å². The summed E-state index contributed by atoms with van der Waals surface area (Å²) in [6, 6.07) is 4.49. The summed E-state index contributed by atoms with van der Waals surface area (Å²) in [5, 5.41) is 6.24. The fraction of sp³-hybridized carbons (Fsp3) is 0.385. The van der Waals surface area contributed by atoms with Crippen LogP contribution in [0.15, 0.2) is 18.2 Å². The number of benzene rings is 1. The van der Waals surface area contributed by atoms with E-state index in [1.165, 1.54) is 13.2 Å². The van der Waals surface area contributed by atoms with E-state index in [0.717, 1.165) is 19.4 Å². The van der Waals surface area contributed by atoms with E-state index in [4.69, 9.17) is 11.6 Å². The average molecular weight is 283 g/mol. The summed E-state index contributed by atoms with van der Waals surface area (Å²) in [5.41, 5.74) is 0.663. The minimum atomic E-state index is -0.530. The van der Waals surface area contributed by atoms with Gasteiger partial charge in [0.05, 0.1) is 24.4 Å². The summed E-state index contributed by atoms with van der Waals surface area (Å²) in [4.78, 5) is 23.6. The third-order valence-corrected chi connectivity index (χ3v) is 3.26. The molecular formula is C13H15ClN2O3. The topological polar surface area (TPSA) is 67.4 Å². The number of carbonyl (C=O) groups is 2. The number of anilines is 1. The highest BCUT2D eigenvalue weighted by atomic mass is 35.5. The van der Waals surface area contributed by atoms with Gasteiger partial charge in [-0.2, -0.15) is 0 Å². The Hall–Kier alpha value is -1.59. The Morgan fingerprint density at radius 1 is 1.47 bits per heavy atom. The fourth-order valence-corrected chi connectivity index (χ4v) is 2.20. The van der Waals surface area contributed by atoms with Crippen molar-refractivity contribution in [2.24, 2.45) is 0 Å². The second-order valence-electron chi connectivity index (χ2n) is 4.32. The van der Waals surface area contributed by atoms with Crippen LogP contribution in [0.4, 0.5) is 5.69 Å². The van der Waals surface area contributed by atoms with Gasteiger partial charge in [-0.25, -0.2) is 4.79 Å². The minimum absolute atomic E-state index is 0.148. The molecule has 2 N–H and O–H groups in total. The predicted octanol–water partition coefficient (Wildman–Crippen LogP) is 1.82. The number of hydrogen-bond donors (Lipinski definition) is 2. The van der Waals surface area contributed by atoms with Crippen molar-refractivity contribution in [3.63, 3.8) is 0 Å². The molecule has 0 spiro atoms. The lowest BCUT2D eigenvalue weighted by Gasteiger charge is -2.13. The predicted molar refractivity (Wildman–Crippen MR) is 72.4 cm³/mol. The van der Waals surface area contributed by atoms with Crippen molar-refractivity contribution in [3.8, 4) is 0 Å². The molecule has 0 saturated carbocycles. The molecule has 0 bridgehead atoms. The first kappa shape index (κ1) is 13.8. The Labute approximate surface area is 116 Å². The van der Waals surface area contributed by atoms with Crippen molar-refractivity contribution < 1.29 is 14.3 Å². The quantitative estimate of drug-likeness (QED) is 0.830. The fourth-order valence-electron chi connectivity index (χ4n) is 2.03. The van der Waals surface area contributed by atoms with E-state index in [1.54, 1.807) is 12.1 Å². The molecule has 1 aromatic rings. The lowest BCUT2D eigenvalue weighted by molar-refractivity contribution is -0.117. The number of methoxy groups -OCH3 is 1. The molecule has 19 heavy (non-hydrogen) atoms. The van der Waals surface area contributed by atoms with E-state index in [-0.39, 0.29) is 17.5 Å². The van der Waals surface area contributed by atoms with Crippen LogP contribution in [0.1, 0.15) is 23.2 Å². The minimum Gasteiger partial charge on any atom is -0.465 e. The van der Waals surface area contributed by atoms with Crippen molar-refractivity contribution >= 4 is 29.2 Å². The van der Waals surface area contributed by atoms with Crippen molar-refractivity contribution in [1.29, 1.82) is 0 Å². The van der Waals surface area contributed by atoms with Gasteiger partial charge in [0.2, 0.25) is 5.91 Å². The first-order valence-electron chi connectivity index (χ1n) is 6.04. The van der Waals surface area contributed by atoms with E-state index in [0.29, 0.717) is 10.7 Å². The maximum absolute atomic E-state index is 12.0. The lowest BCUT2D eigenvalue weighted by Crippen LogP contribution is -2.35. The van der Waals surface area contributed by atoms with Crippen LogP contribution in [0, 0.1) is 0 Å². The normalized spacial score (nSPS) is 18.1. The van der Waals surface area contributed by atoms with Gasteiger partial charge in [0.25, 0.3) is 0 Å². The highest BCUT2D eigenvalue weighted by Gasteiger charge is 2.23. The van der Waals surface area contributed by atoms with E-state index in [1.807, 2.05) is 0 Å². The summed E-state index contributed by atoms with van der Waals surface area (Å²) in [5.74, 6) is -0.679. The van der Waals surface area contributed by atoms with Crippen molar-refractivity contribution in [2.45, 2.75) is 18.9 Å². The number of halogens is 1.